The predicted octanol–water partition coefficient (Wildman–Crippen LogP) is 4.82. The third-order valence-electron chi connectivity index (χ3n) is 4.24. The quantitative estimate of drug-likeness (QED) is 0.209. The molecule has 9 heteroatoms. The molecule has 0 bridgehead atoms. The topological polar surface area (TPSA) is 101 Å². The number of benzene rings is 2. The van der Waals surface area contributed by atoms with E-state index in [0.29, 0.717) is 28.6 Å². The molecule has 0 aliphatic heterocycles. The molecule has 0 atom stereocenters. The van der Waals surface area contributed by atoms with Crippen molar-refractivity contribution in [2.75, 3.05) is 14.2 Å². The molecule has 0 spiro atoms. The van der Waals surface area contributed by atoms with Gasteiger partial charge in [0, 0.05) is 12.1 Å². The van der Waals surface area contributed by atoms with Gasteiger partial charge in [-0.25, -0.2) is 4.39 Å². The second-order valence-electron chi connectivity index (χ2n) is 6.23. The van der Waals surface area contributed by atoms with Crippen molar-refractivity contribution in [2.24, 2.45) is 0 Å². The van der Waals surface area contributed by atoms with E-state index in [1.807, 2.05) is 0 Å². The Morgan fingerprint density at radius 2 is 1.90 bits per heavy atom. The second kappa shape index (κ2) is 9.57. The molecule has 1 aromatic heterocycles. The Morgan fingerprint density at radius 1 is 1.10 bits per heavy atom. The van der Waals surface area contributed by atoms with Crippen molar-refractivity contribution in [3.8, 4) is 17.2 Å². The Bertz CT molecular complexity index is 1140. The van der Waals surface area contributed by atoms with Crippen molar-refractivity contribution >= 4 is 17.5 Å². The first kappa shape index (κ1) is 21.6. The summed E-state index contributed by atoms with van der Waals surface area (Å²) in [7, 11) is 2.96. The molecule has 0 saturated carbocycles. The van der Waals surface area contributed by atoms with Crippen LogP contribution in [0.3, 0.4) is 0 Å². The normalized spacial score (nSPS) is 10.8. The Balaban J connectivity index is 1.69. The van der Waals surface area contributed by atoms with E-state index in [2.05, 4.69) is 0 Å². The highest BCUT2D eigenvalue weighted by atomic mass is 19.1. The Labute approximate surface area is 176 Å². The van der Waals surface area contributed by atoms with Gasteiger partial charge in [-0.1, -0.05) is 0 Å². The van der Waals surface area contributed by atoms with Gasteiger partial charge in [-0.05, 0) is 48.6 Å². The minimum Gasteiger partial charge on any atom is -0.497 e. The highest BCUT2D eigenvalue weighted by molar-refractivity contribution is 6.08. The molecule has 0 aliphatic carbocycles. The van der Waals surface area contributed by atoms with Gasteiger partial charge >= 0.3 is 5.69 Å². The Kier molecular flexibility index (Phi) is 6.66. The summed E-state index contributed by atoms with van der Waals surface area (Å²) in [4.78, 5) is 22.9. The summed E-state index contributed by atoms with van der Waals surface area (Å²) in [5, 5.41) is 11.0. The highest BCUT2D eigenvalue weighted by Gasteiger charge is 2.17. The molecule has 160 valence electrons. The summed E-state index contributed by atoms with van der Waals surface area (Å²) in [6, 6.07) is 11.0. The van der Waals surface area contributed by atoms with Crippen molar-refractivity contribution in [1.82, 2.24) is 0 Å². The second-order valence-corrected chi connectivity index (χ2v) is 6.23. The van der Waals surface area contributed by atoms with E-state index >= 15 is 0 Å². The average molecular weight is 427 g/mol. The minimum atomic E-state index is -0.663. The molecule has 0 unspecified atom stereocenters. The number of halogens is 1. The number of hydrogen-bond donors (Lipinski definition) is 0. The smallest absolute Gasteiger partial charge is 0.311 e. The predicted molar refractivity (Wildman–Crippen MR) is 109 cm³/mol. The number of carbonyl (C=O) groups excluding carboxylic acids is 1. The van der Waals surface area contributed by atoms with Gasteiger partial charge in [-0.15, -0.1) is 0 Å². The molecule has 3 rings (SSSR count). The summed E-state index contributed by atoms with van der Waals surface area (Å²) >= 11 is 0. The van der Waals surface area contributed by atoms with Crippen LogP contribution in [-0.2, 0) is 6.61 Å². The fourth-order valence-corrected chi connectivity index (χ4v) is 2.72. The van der Waals surface area contributed by atoms with Crippen molar-refractivity contribution < 1.29 is 32.7 Å². The number of ether oxygens (including phenoxy) is 3. The van der Waals surface area contributed by atoms with Gasteiger partial charge in [0.15, 0.2) is 11.5 Å². The molecule has 0 saturated heterocycles. The lowest BCUT2D eigenvalue weighted by Crippen LogP contribution is -1.99. The van der Waals surface area contributed by atoms with Crippen molar-refractivity contribution in [3.05, 3.63) is 87.6 Å². The molecule has 0 N–H and O–H groups in total. The molecule has 0 fully saturated rings. The molecule has 0 amide bonds. The number of ketones is 1. The zero-order valence-electron chi connectivity index (χ0n) is 16.7. The summed E-state index contributed by atoms with van der Waals surface area (Å²) in [6.45, 7) is -0.157. The lowest BCUT2D eigenvalue weighted by Gasteiger charge is -2.07. The molecule has 1 heterocycles. The molecule has 0 aliphatic rings. The van der Waals surface area contributed by atoms with Crippen molar-refractivity contribution in [1.29, 1.82) is 0 Å². The fourth-order valence-electron chi connectivity index (χ4n) is 2.72. The van der Waals surface area contributed by atoms with Crippen LogP contribution in [-0.4, -0.2) is 24.9 Å². The van der Waals surface area contributed by atoms with Crippen LogP contribution >= 0.6 is 0 Å². The van der Waals surface area contributed by atoms with Gasteiger partial charge in [-0.2, -0.15) is 0 Å². The van der Waals surface area contributed by atoms with Crippen LogP contribution in [0.5, 0.6) is 17.2 Å². The molecule has 3 aromatic rings. The number of furan rings is 1. The minimum absolute atomic E-state index is 0.157. The van der Waals surface area contributed by atoms with Gasteiger partial charge < -0.3 is 18.6 Å². The van der Waals surface area contributed by atoms with Crippen LogP contribution < -0.4 is 14.2 Å². The first-order valence-electron chi connectivity index (χ1n) is 9.01. The number of methoxy groups -OCH3 is 2. The lowest BCUT2D eigenvalue weighted by atomic mass is 10.1. The van der Waals surface area contributed by atoms with Gasteiger partial charge in [0.25, 0.3) is 0 Å². The van der Waals surface area contributed by atoms with Crippen molar-refractivity contribution in [3.63, 3.8) is 0 Å². The average Bonchev–Trinajstić information content (AvgIpc) is 3.23. The lowest BCUT2D eigenvalue weighted by molar-refractivity contribution is -0.386. The summed E-state index contributed by atoms with van der Waals surface area (Å²) in [5.41, 5.74) is -0.0301. The third-order valence-corrected chi connectivity index (χ3v) is 4.24. The maximum atomic E-state index is 13.4. The number of nitro groups is 1. The molecule has 31 heavy (non-hydrogen) atoms. The fraction of sp³-hybridized carbons (Fsp3) is 0.136. The van der Waals surface area contributed by atoms with Crippen LogP contribution in [0.25, 0.3) is 6.08 Å². The van der Waals surface area contributed by atoms with Gasteiger partial charge in [0.2, 0.25) is 0 Å². The highest BCUT2D eigenvalue weighted by Crippen LogP contribution is 2.29. The van der Waals surface area contributed by atoms with Crippen LogP contribution in [0.1, 0.15) is 21.9 Å². The first-order chi connectivity index (χ1) is 14.9. The van der Waals surface area contributed by atoms with Gasteiger partial charge in [0.05, 0.1) is 24.7 Å². The maximum absolute atomic E-state index is 13.4. The van der Waals surface area contributed by atoms with E-state index < -0.39 is 10.7 Å². The molecular weight excluding hydrogens is 409 g/mol. The van der Waals surface area contributed by atoms with Gasteiger partial charge in [-0.3, -0.25) is 14.9 Å². The van der Waals surface area contributed by atoms with Crippen LogP contribution in [0.2, 0.25) is 0 Å². The zero-order valence-corrected chi connectivity index (χ0v) is 16.7. The Morgan fingerprint density at radius 3 is 2.61 bits per heavy atom. The largest absolute Gasteiger partial charge is 0.497 e. The molecule has 8 nitrogen and oxygen atoms in total. The summed E-state index contributed by atoms with van der Waals surface area (Å²) in [5.74, 6) is 0.434. The number of allylic oxidation sites excluding steroid dienone is 1. The van der Waals surface area contributed by atoms with E-state index in [1.54, 1.807) is 30.3 Å². The summed E-state index contributed by atoms with van der Waals surface area (Å²) in [6.07, 6.45) is 2.79. The third kappa shape index (κ3) is 5.27. The van der Waals surface area contributed by atoms with E-state index in [-0.39, 0.29) is 23.8 Å². The van der Waals surface area contributed by atoms with E-state index in [1.165, 1.54) is 26.4 Å². The van der Waals surface area contributed by atoms with Crippen LogP contribution in [0.4, 0.5) is 10.1 Å². The number of nitrogens with zero attached hydrogens (tertiary/aromatic N) is 1. The summed E-state index contributed by atoms with van der Waals surface area (Å²) < 4.78 is 34.6. The van der Waals surface area contributed by atoms with Gasteiger partial charge in [0.1, 0.15) is 35.4 Å². The van der Waals surface area contributed by atoms with E-state index in [4.69, 9.17) is 18.6 Å². The SMILES string of the molecule is COc1ccc(OC)c(C(=O)/C=C/c2ccc(COc3cc(F)ccc3[N+](=O)[O-])o2)c1. The van der Waals surface area contributed by atoms with Crippen LogP contribution in [0, 0.1) is 15.9 Å². The van der Waals surface area contributed by atoms with E-state index in [0.717, 1.165) is 18.2 Å². The number of hydrogen-bond acceptors (Lipinski definition) is 7. The molecular formula is C22H18FNO7. The zero-order chi connectivity index (χ0) is 22.4. The molecule has 2 aromatic carbocycles. The number of carbonyl (C=O) groups is 1. The Hall–Kier alpha value is -4.14. The monoisotopic (exact) mass is 427 g/mol. The number of rotatable bonds is 9. The standard InChI is InChI=1S/C22H18FNO7/c1-28-16-7-10-21(29-2)18(12-16)20(25)9-6-15-4-5-17(31-15)13-30-22-11-14(23)3-8-19(22)24(26)27/h3-12H,13H2,1-2H3/b9-6+. The van der Waals surface area contributed by atoms with Crippen LogP contribution in [0.15, 0.2) is 59.0 Å². The number of nitro benzene ring substituents is 1. The van der Waals surface area contributed by atoms with Crippen molar-refractivity contribution in [2.45, 2.75) is 6.61 Å². The first-order valence-corrected chi connectivity index (χ1v) is 9.01. The molecule has 0 radical (unpaired) electrons. The van der Waals surface area contributed by atoms with E-state index in [9.17, 15) is 19.3 Å². The maximum Gasteiger partial charge on any atom is 0.311 e.